The fourth-order valence-electron chi connectivity index (χ4n) is 6.71. The summed E-state index contributed by atoms with van der Waals surface area (Å²) in [6, 6.07) is 7.90. The minimum absolute atomic E-state index is 0.0621. The van der Waals surface area contributed by atoms with Gasteiger partial charge in [-0.15, -0.1) is 0 Å². The Balaban J connectivity index is 1.17. The molecule has 2 N–H and O–H groups in total. The molecule has 1 aliphatic carbocycles. The maximum absolute atomic E-state index is 13.8. The second kappa shape index (κ2) is 12.4. The van der Waals surface area contributed by atoms with Gasteiger partial charge in [-0.1, -0.05) is 13.0 Å². The molecule has 0 radical (unpaired) electrons. The number of halogens is 4. The number of aromatic carboxylic acids is 1. The first-order valence-corrected chi connectivity index (χ1v) is 14.8. The molecule has 2 aliphatic heterocycles. The lowest BCUT2D eigenvalue weighted by Crippen LogP contribution is -2.58. The van der Waals surface area contributed by atoms with Crippen LogP contribution in [0, 0.1) is 23.6 Å². The molecule has 2 aromatic rings. The smallest absolute Gasteiger partial charge is 0.416 e. The molecule has 3 aliphatic rings. The normalized spacial score (nSPS) is 26.6. The van der Waals surface area contributed by atoms with Crippen molar-refractivity contribution < 1.29 is 41.7 Å². The number of methoxy groups -OCH3 is 1. The molecule has 0 aromatic heterocycles. The van der Waals surface area contributed by atoms with Crippen molar-refractivity contribution in [1.82, 2.24) is 10.2 Å². The zero-order valence-corrected chi connectivity index (χ0v) is 24.4. The van der Waals surface area contributed by atoms with Gasteiger partial charge < -0.3 is 19.9 Å². The van der Waals surface area contributed by atoms with Crippen LogP contribution in [0.2, 0.25) is 0 Å². The third kappa shape index (κ3) is 6.98. The van der Waals surface area contributed by atoms with E-state index in [-0.39, 0.29) is 35.7 Å². The number of carbonyl (C=O) groups is 2. The molecule has 3 unspecified atom stereocenters. The van der Waals surface area contributed by atoms with Gasteiger partial charge >= 0.3 is 12.1 Å². The van der Waals surface area contributed by atoms with E-state index in [0.717, 1.165) is 56.5 Å². The lowest BCUT2D eigenvalue weighted by Gasteiger charge is -2.46. The zero-order valence-electron chi connectivity index (χ0n) is 24.4. The molecular weight excluding hydrogens is 568 g/mol. The number of piperidine rings is 1. The van der Waals surface area contributed by atoms with Crippen LogP contribution in [0.5, 0.6) is 5.75 Å². The summed E-state index contributed by atoms with van der Waals surface area (Å²) in [4.78, 5) is 27.2. The molecular formula is C32H38F4N2O5. The van der Waals surface area contributed by atoms with Gasteiger partial charge in [0, 0.05) is 19.1 Å². The van der Waals surface area contributed by atoms with E-state index in [0.29, 0.717) is 36.8 Å². The van der Waals surface area contributed by atoms with Crippen LogP contribution in [-0.4, -0.2) is 60.3 Å². The Kier molecular flexibility index (Phi) is 9.04. The summed E-state index contributed by atoms with van der Waals surface area (Å²) in [6.07, 6.45) is 0.142. The molecule has 5 rings (SSSR count). The molecule has 234 valence electrons. The molecule has 1 saturated carbocycles. The number of rotatable bonds is 9. The van der Waals surface area contributed by atoms with Crippen LogP contribution in [0.4, 0.5) is 17.6 Å². The van der Waals surface area contributed by atoms with Crippen LogP contribution in [0.25, 0.3) is 0 Å². The van der Waals surface area contributed by atoms with Gasteiger partial charge in [0.1, 0.15) is 17.2 Å². The second-order valence-electron chi connectivity index (χ2n) is 12.3. The first-order chi connectivity index (χ1) is 20.4. The topological polar surface area (TPSA) is 88.1 Å². The molecule has 2 saturated heterocycles. The van der Waals surface area contributed by atoms with Gasteiger partial charge in [0.25, 0.3) is 5.91 Å². The Morgan fingerprint density at radius 3 is 2.49 bits per heavy atom. The lowest BCUT2D eigenvalue weighted by molar-refractivity contribution is -0.166. The Morgan fingerprint density at radius 2 is 1.88 bits per heavy atom. The molecule has 7 nitrogen and oxygen atoms in total. The Morgan fingerprint density at radius 1 is 1.12 bits per heavy atom. The van der Waals surface area contributed by atoms with Crippen molar-refractivity contribution in [2.75, 3.05) is 26.8 Å². The highest BCUT2D eigenvalue weighted by atomic mass is 19.4. The average molecular weight is 607 g/mol. The summed E-state index contributed by atoms with van der Waals surface area (Å²) < 4.78 is 65.3. The van der Waals surface area contributed by atoms with Crippen LogP contribution in [0.3, 0.4) is 0 Å². The highest BCUT2D eigenvalue weighted by Crippen LogP contribution is 2.47. The molecule has 2 aromatic carbocycles. The van der Waals surface area contributed by atoms with E-state index < -0.39 is 29.1 Å². The number of benzene rings is 2. The molecule has 0 spiro atoms. The number of nitrogens with one attached hydrogen (secondary N) is 1. The van der Waals surface area contributed by atoms with Crippen LogP contribution in [0.1, 0.15) is 66.1 Å². The number of carboxylic acid groups (broad SMARTS) is 1. The summed E-state index contributed by atoms with van der Waals surface area (Å²) >= 11 is 0. The summed E-state index contributed by atoms with van der Waals surface area (Å²) in [5, 5.41) is 12.1. The van der Waals surface area contributed by atoms with Crippen LogP contribution >= 0.6 is 0 Å². The number of likely N-dealkylation sites (tertiary alicyclic amines) is 1. The number of amides is 1. The quantitative estimate of drug-likeness (QED) is 0.357. The minimum atomic E-state index is -4.53. The van der Waals surface area contributed by atoms with Crippen LogP contribution < -0.4 is 10.1 Å². The van der Waals surface area contributed by atoms with E-state index in [1.54, 1.807) is 6.07 Å². The third-order valence-electron chi connectivity index (χ3n) is 9.38. The number of hydrogen-bond donors (Lipinski definition) is 2. The maximum Gasteiger partial charge on any atom is 0.416 e. The summed E-state index contributed by atoms with van der Waals surface area (Å²) in [6.45, 7) is 4.20. The summed E-state index contributed by atoms with van der Waals surface area (Å²) in [5.74, 6) is -1.45. The summed E-state index contributed by atoms with van der Waals surface area (Å²) in [7, 11) is 1.30. The van der Waals surface area contributed by atoms with Crippen molar-refractivity contribution >= 4 is 11.9 Å². The Bertz CT molecular complexity index is 1340. The predicted molar refractivity (Wildman–Crippen MR) is 150 cm³/mol. The minimum Gasteiger partial charge on any atom is -0.497 e. The second-order valence-corrected chi connectivity index (χ2v) is 12.3. The number of alkyl halides is 3. The highest BCUT2D eigenvalue weighted by molar-refractivity contribution is 5.88. The molecule has 43 heavy (non-hydrogen) atoms. The lowest BCUT2D eigenvalue weighted by atomic mass is 9.80. The largest absolute Gasteiger partial charge is 0.497 e. The predicted octanol–water partition coefficient (Wildman–Crippen LogP) is 5.70. The fourth-order valence-corrected chi connectivity index (χ4v) is 6.71. The van der Waals surface area contributed by atoms with Gasteiger partial charge in [0.05, 0.1) is 24.8 Å². The van der Waals surface area contributed by atoms with E-state index in [2.05, 4.69) is 17.1 Å². The standard InChI is InChI=1S/C32H38F4N2O5/c1-19-17-38(10-8-22(19)11-20-3-6-28(33)27(14-20)29(39)40)25-7-9-31(43-18-25,23-4-5-23)30(41)37-16-21-12-24(32(34,35)36)15-26(13-21)42-2/h3,6,12-15,19,22-23,25H,4-5,7-11,16-18H2,1-2H3,(H,37,41)(H,39,40)/t19?,22?,25?,31-/m0/s1. The Hall–Kier alpha value is -3.18. The van der Waals surface area contributed by atoms with E-state index in [1.165, 1.54) is 25.3 Å². The zero-order chi connectivity index (χ0) is 30.9. The molecule has 11 heteroatoms. The van der Waals surface area contributed by atoms with Crippen molar-refractivity contribution in [2.24, 2.45) is 17.8 Å². The van der Waals surface area contributed by atoms with E-state index >= 15 is 0 Å². The SMILES string of the molecule is COc1cc(CNC(=O)[C@@]2(C3CC3)CCC(N3CCC(Cc4ccc(F)c(C(=O)O)c4)C(C)C3)CO2)cc(C(F)(F)F)c1. The molecule has 4 atom stereocenters. The third-order valence-corrected chi connectivity index (χ3v) is 9.38. The van der Waals surface area contributed by atoms with E-state index in [4.69, 9.17) is 9.47 Å². The van der Waals surface area contributed by atoms with Gasteiger partial charge in [-0.25, -0.2) is 9.18 Å². The first kappa shape index (κ1) is 31.3. The summed E-state index contributed by atoms with van der Waals surface area (Å²) in [5.41, 5.74) is -0.994. The van der Waals surface area contributed by atoms with Crippen molar-refractivity contribution in [1.29, 1.82) is 0 Å². The number of carboxylic acids is 1. The molecule has 1 amide bonds. The first-order valence-electron chi connectivity index (χ1n) is 14.8. The van der Waals surface area contributed by atoms with Gasteiger partial charge in [-0.3, -0.25) is 9.69 Å². The van der Waals surface area contributed by atoms with E-state index in [1.807, 2.05) is 0 Å². The van der Waals surface area contributed by atoms with Crippen LogP contribution in [-0.2, 0) is 28.7 Å². The van der Waals surface area contributed by atoms with E-state index in [9.17, 15) is 32.3 Å². The van der Waals surface area contributed by atoms with Gasteiger partial charge in [-0.2, -0.15) is 13.2 Å². The number of hydrogen-bond acceptors (Lipinski definition) is 5. The van der Waals surface area contributed by atoms with Gasteiger partial charge in [0.15, 0.2) is 0 Å². The molecule has 0 bridgehead atoms. The van der Waals surface area contributed by atoms with Crippen molar-refractivity contribution in [3.8, 4) is 5.75 Å². The highest BCUT2D eigenvalue weighted by Gasteiger charge is 2.54. The van der Waals surface area contributed by atoms with Crippen LogP contribution in [0.15, 0.2) is 36.4 Å². The van der Waals surface area contributed by atoms with Crippen molar-refractivity contribution in [3.05, 3.63) is 64.5 Å². The maximum atomic E-state index is 13.8. The average Bonchev–Trinajstić information content (AvgIpc) is 3.83. The monoisotopic (exact) mass is 606 g/mol. The van der Waals surface area contributed by atoms with Gasteiger partial charge in [-0.05, 0) is 104 Å². The number of carbonyl (C=O) groups excluding carboxylic acids is 1. The van der Waals surface area contributed by atoms with Crippen molar-refractivity contribution in [2.45, 2.75) is 69.8 Å². The molecule has 3 fully saturated rings. The number of nitrogens with zero attached hydrogens (tertiary/aromatic N) is 1. The number of ether oxygens (including phenoxy) is 2. The van der Waals surface area contributed by atoms with Gasteiger partial charge in [0.2, 0.25) is 0 Å². The Labute approximate surface area is 248 Å². The van der Waals surface area contributed by atoms with Crippen molar-refractivity contribution in [3.63, 3.8) is 0 Å². The molecule has 2 heterocycles. The fraction of sp³-hybridized carbons (Fsp3) is 0.562.